The zero-order valence-corrected chi connectivity index (χ0v) is 11.2. The Morgan fingerprint density at radius 3 is 2.67 bits per heavy atom. The van der Waals surface area contributed by atoms with E-state index in [1.54, 1.807) is 0 Å². The summed E-state index contributed by atoms with van der Waals surface area (Å²) >= 11 is 1.92. The maximum atomic E-state index is 12.5. The Morgan fingerprint density at radius 1 is 1.44 bits per heavy atom. The molecule has 0 atom stereocenters. The van der Waals surface area contributed by atoms with Crippen LogP contribution < -0.4 is 5.32 Å². The molecule has 0 aliphatic rings. The molecular formula is C10H7F3IN3O. The molecule has 0 radical (unpaired) electrons. The molecule has 2 aromatic rings. The minimum atomic E-state index is -4.42. The number of aromatic nitrogens is 2. The highest BCUT2D eigenvalue weighted by molar-refractivity contribution is 14.1. The van der Waals surface area contributed by atoms with Crippen molar-refractivity contribution in [1.29, 1.82) is 0 Å². The summed E-state index contributed by atoms with van der Waals surface area (Å²) in [5.74, 6) is -0.0743. The maximum absolute atomic E-state index is 12.5. The second-order valence-corrected chi connectivity index (χ2v) is 4.67. The Hall–Kier alpha value is -1.32. The van der Waals surface area contributed by atoms with E-state index in [4.69, 9.17) is 0 Å². The molecule has 0 aromatic carbocycles. The van der Waals surface area contributed by atoms with Gasteiger partial charge in [0.2, 0.25) is 5.91 Å². The minimum absolute atomic E-state index is 0.252. The lowest BCUT2D eigenvalue weighted by Gasteiger charge is -2.05. The number of fused-ring (bicyclic) bond motifs is 1. The van der Waals surface area contributed by atoms with Crippen LogP contribution in [0.25, 0.3) is 5.52 Å². The Bertz CT molecular complexity index is 621. The summed E-state index contributed by atoms with van der Waals surface area (Å²) in [6.45, 7) is 1.31. The number of halogens is 4. The van der Waals surface area contributed by atoms with Crippen molar-refractivity contribution in [1.82, 2.24) is 9.61 Å². The van der Waals surface area contributed by atoms with Crippen LogP contribution in [0.15, 0.2) is 18.3 Å². The number of hydrogen-bond acceptors (Lipinski definition) is 2. The van der Waals surface area contributed by atoms with Crippen molar-refractivity contribution in [2.45, 2.75) is 13.1 Å². The molecule has 96 valence electrons. The number of anilines is 1. The third-order valence-corrected chi connectivity index (χ3v) is 3.25. The fourth-order valence-electron chi connectivity index (χ4n) is 1.43. The predicted molar refractivity (Wildman–Crippen MR) is 67.2 cm³/mol. The van der Waals surface area contributed by atoms with Crippen molar-refractivity contribution in [2.24, 2.45) is 0 Å². The lowest BCUT2D eigenvalue weighted by molar-refractivity contribution is -0.137. The van der Waals surface area contributed by atoms with Gasteiger partial charge in [-0.1, -0.05) is 0 Å². The lowest BCUT2D eigenvalue weighted by atomic mass is 10.2. The van der Waals surface area contributed by atoms with Gasteiger partial charge in [0.25, 0.3) is 0 Å². The van der Waals surface area contributed by atoms with Crippen LogP contribution in [-0.2, 0) is 11.0 Å². The maximum Gasteiger partial charge on any atom is 0.417 e. The summed E-state index contributed by atoms with van der Waals surface area (Å²) in [7, 11) is 0. The molecule has 0 saturated heterocycles. The molecule has 1 amide bonds. The first-order valence-corrected chi connectivity index (χ1v) is 5.89. The zero-order valence-electron chi connectivity index (χ0n) is 9.05. The summed E-state index contributed by atoms with van der Waals surface area (Å²) in [6, 6.07) is 2.31. The predicted octanol–water partition coefficient (Wildman–Crippen LogP) is 2.92. The first-order valence-electron chi connectivity index (χ1n) is 4.81. The van der Waals surface area contributed by atoms with Gasteiger partial charge in [-0.3, -0.25) is 4.79 Å². The number of carbonyl (C=O) groups excluding carboxylic acids is 1. The molecular weight excluding hydrogens is 362 g/mol. The van der Waals surface area contributed by atoms with E-state index in [1.807, 2.05) is 22.6 Å². The lowest BCUT2D eigenvalue weighted by Crippen LogP contribution is -2.08. The van der Waals surface area contributed by atoms with E-state index in [9.17, 15) is 18.0 Å². The Labute approximate surface area is 113 Å². The van der Waals surface area contributed by atoms with Crippen molar-refractivity contribution >= 4 is 39.8 Å². The molecule has 0 aliphatic heterocycles. The molecule has 0 unspecified atom stereocenters. The molecule has 0 spiro atoms. The highest BCUT2D eigenvalue weighted by atomic mass is 127. The SMILES string of the molecule is CC(=O)Nc1nn2cc(C(F)(F)F)ccc2c1I. The topological polar surface area (TPSA) is 46.4 Å². The summed E-state index contributed by atoms with van der Waals surface area (Å²) in [6.07, 6.45) is -3.53. The second kappa shape index (κ2) is 4.41. The highest BCUT2D eigenvalue weighted by Crippen LogP contribution is 2.31. The highest BCUT2D eigenvalue weighted by Gasteiger charge is 2.31. The standard InChI is InChI=1S/C10H7F3IN3O/c1-5(18)15-9-8(14)7-3-2-6(10(11,12)13)4-17(7)16-9/h2-4H,1H3,(H,15,16,18). The first-order chi connectivity index (χ1) is 8.29. The van der Waals surface area contributed by atoms with E-state index in [-0.39, 0.29) is 11.7 Å². The smallest absolute Gasteiger partial charge is 0.309 e. The monoisotopic (exact) mass is 369 g/mol. The number of rotatable bonds is 1. The van der Waals surface area contributed by atoms with Gasteiger partial charge in [0, 0.05) is 13.1 Å². The van der Waals surface area contributed by atoms with E-state index >= 15 is 0 Å². The number of pyridine rings is 1. The quantitative estimate of drug-likeness (QED) is 0.786. The third-order valence-electron chi connectivity index (χ3n) is 2.19. The molecule has 18 heavy (non-hydrogen) atoms. The van der Waals surface area contributed by atoms with Gasteiger partial charge in [-0.25, -0.2) is 4.52 Å². The molecule has 2 heterocycles. The molecule has 0 fully saturated rings. The van der Waals surface area contributed by atoms with Crippen molar-refractivity contribution in [3.8, 4) is 0 Å². The average Bonchev–Trinajstić information content (AvgIpc) is 2.53. The molecule has 8 heteroatoms. The minimum Gasteiger partial charge on any atom is -0.309 e. The van der Waals surface area contributed by atoms with E-state index in [0.717, 1.165) is 16.8 Å². The van der Waals surface area contributed by atoms with Crippen molar-refractivity contribution < 1.29 is 18.0 Å². The molecule has 0 bridgehead atoms. The number of carbonyl (C=O) groups is 1. The fraction of sp³-hybridized carbons (Fsp3) is 0.200. The van der Waals surface area contributed by atoms with Crippen LogP contribution in [-0.4, -0.2) is 15.5 Å². The molecule has 1 N–H and O–H groups in total. The fourth-order valence-corrected chi connectivity index (χ4v) is 2.10. The summed E-state index contributed by atoms with van der Waals surface area (Å²) in [5.41, 5.74) is -0.282. The number of alkyl halides is 3. The van der Waals surface area contributed by atoms with Gasteiger partial charge in [-0.05, 0) is 34.7 Å². The second-order valence-electron chi connectivity index (χ2n) is 3.59. The van der Waals surface area contributed by atoms with Gasteiger partial charge in [-0.2, -0.15) is 13.2 Å². The Morgan fingerprint density at radius 2 is 2.11 bits per heavy atom. The van der Waals surface area contributed by atoms with E-state index < -0.39 is 11.7 Å². The van der Waals surface area contributed by atoms with Crippen LogP contribution in [0.3, 0.4) is 0 Å². The van der Waals surface area contributed by atoms with Crippen molar-refractivity contribution in [3.05, 3.63) is 27.5 Å². The van der Waals surface area contributed by atoms with Crippen LogP contribution in [0.2, 0.25) is 0 Å². The zero-order chi connectivity index (χ0) is 13.5. The van der Waals surface area contributed by atoms with Crippen LogP contribution in [0.4, 0.5) is 19.0 Å². The summed E-state index contributed by atoms with van der Waals surface area (Å²) in [5, 5.41) is 6.36. The van der Waals surface area contributed by atoms with Crippen molar-refractivity contribution in [2.75, 3.05) is 5.32 Å². The summed E-state index contributed by atoms with van der Waals surface area (Å²) in [4.78, 5) is 10.9. The van der Waals surface area contributed by atoms with Crippen LogP contribution >= 0.6 is 22.6 Å². The molecule has 0 aliphatic carbocycles. The van der Waals surface area contributed by atoms with Crippen LogP contribution in [0, 0.1) is 3.57 Å². The Balaban J connectivity index is 2.55. The summed E-state index contributed by atoms with van der Waals surface area (Å²) < 4.78 is 39.3. The first kappa shape index (κ1) is 13.1. The van der Waals surface area contributed by atoms with Gasteiger partial charge in [0.05, 0.1) is 14.7 Å². The van der Waals surface area contributed by atoms with E-state index in [1.165, 1.54) is 13.0 Å². The van der Waals surface area contributed by atoms with Gasteiger partial charge in [0.15, 0.2) is 5.82 Å². The molecule has 2 rings (SSSR count). The average molecular weight is 369 g/mol. The normalized spacial score (nSPS) is 11.8. The van der Waals surface area contributed by atoms with E-state index in [0.29, 0.717) is 9.09 Å². The number of nitrogens with zero attached hydrogens (tertiary/aromatic N) is 2. The molecule has 4 nitrogen and oxygen atoms in total. The largest absolute Gasteiger partial charge is 0.417 e. The van der Waals surface area contributed by atoms with Gasteiger partial charge < -0.3 is 5.32 Å². The van der Waals surface area contributed by atoms with Crippen LogP contribution in [0.1, 0.15) is 12.5 Å². The molecule has 0 saturated carbocycles. The van der Waals surface area contributed by atoms with Gasteiger partial charge in [0.1, 0.15) is 0 Å². The van der Waals surface area contributed by atoms with E-state index in [2.05, 4.69) is 10.4 Å². The number of hydrogen-bond donors (Lipinski definition) is 1. The van der Waals surface area contributed by atoms with Gasteiger partial charge >= 0.3 is 6.18 Å². The number of amides is 1. The number of nitrogens with one attached hydrogen (secondary N) is 1. The van der Waals surface area contributed by atoms with Gasteiger partial charge in [-0.15, -0.1) is 5.10 Å². The Kier molecular flexibility index (Phi) is 3.21. The molecule has 2 aromatic heterocycles. The van der Waals surface area contributed by atoms with Crippen LogP contribution in [0.5, 0.6) is 0 Å². The third kappa shape index (κ3) is 2.42. The van der Waals surface area contributed by atoms with Crippen molar-refractivity contribution in [3.63, 3.8) is 0 Å².